The highest BCUT2D eigenvalue weighted by Crippen LogP contribution is 2.28. The maximum absolute atomic E-state index is 13.0. The van der Waals surface area contributed by atoms with Crippen LogP contribution in [0.25, 0.3) is 0 Å². The monoisotopic (exact) mass is 289 g/mol. The van der Waals surface area contributed by atoms with Gasteiger partial charge < -0.3 is 5.32 Å². The number of carbonyl (C=O) groups is 1. The number of hydrogen-bond donors (Lipinski definition) is 1. The molecule has 19 heavy (non-hydrogen) atoms. The second-order valence-corrected chi connectivity index (χ2v) is 6.57. The molecular formula is C12H13F2NO3S. The molecule has 7 heteroatoms. The quantitative estimate of drug-likeness (QED) is 0.830. The zero-order valence-corrected chi connectivity index (χ0v) is 10.8. The molecule has 1 amide bonds. The molecule has 1 aliphatic carbocycles. The van der Waals surface area contributed by atoms with Gasteiger partial charge in [-0.3, -0.25) is 4.79 Å². The average molecular weight is 289 g/mol. The second-order valence-electron chi connectivity index (χ2n) is 4.46. The number of halogens is 2. The Bertz CT molecular complexity index is 597. The van der Waals surface area contributed by atoms with E-state index in [4.69, 9.17) is 0 Å². The van der Waals surface area contributed by atoms with Gasteiger partial charge >= 0.3 is 0 Å². The van der Waals surface area contributed by atoms with E-state index in [1.54, 1.807) is 0 Å². The minimum absolute atomic E-state index is 0.00553. The summed E-state index contributed by atoms with van der Waals surface area (Å²) in [5.41, 5.74) is 0. The molecule has 0 unspecified atom stereocenters. The molecule has 0 spiro atoms. The summed E-state index contributed by atoms with van der Waals surface area (Å²) in [4.78, 5) is 11.0. The van der Waals surface area contributed by atoms with Crippen LogP contribution in [-0.2, 0) is 14.6 Å². The van der Waals surface area contributed by atoms with Crippen LogP contribution in [-0.4, -0.2) is 26.6 Å². The minimum atomic E-state index is -3.72. The standard InChI is InChI=1S/C12H13F2NO3S/c13-10-4-3-9(7-11(10)14)19(17,18)6-5-15-12(16)8-1-2-8/h3-4,7-8H,1-2,5-6H2,(H,15,16). The van der Waals surface area contributed by atoms with Gasteiger partial charge in [0, 0.05) is 12.5 Å². The lowest BCUT2D eigenvalue weighted by molar-refractivity contribution is -0.122. The SMILES string of the molecule is O=C(NCCS(=O)(=O)c1ccc(F)c(F)c1)C1CC1. The Balaban J connectivity index is 1.97. The van der Waals surface area contributed by atoms with E-state index in [9.17, 15) is 22.0 Å². The van der Waals surface area contributed by atoms with Gasteiger partial charge in [-0.15, -0.1) is 0 Å². The number of carbonyl (C=O) groups excluding carboxylic acids is 1. The van der Waals surface area contributed by atoms with Crippen LogP contribution >= 0.6 is 0 Å². The molecule has 1 aromatic carbocycles. The fourth-order valence-electron chi connectivity index (χ4n) is 1.59. The van der Waals surface area contributed by atoms with E-state index in [1.165, 1.54) is 0 Å². The maximum Gasteiger partial charge on any atom is 0.223 e. The fraction of sp³-hybridized carbons (Fsp3) is 0.417. The Morgan fingerprint density at radius 3 is 2.53 bits per heavy atom. The topological polar surface area (TPSA) is 63.2 Å². The highest BCUT2D eigenvalue weighted by molar-refractivity contribution is 7.91. The van der Waals surface area contributed by atoms with E-state index in [-0.39, 0.29) is 29.0 Å². The van der Waals surface area contributed by atoms with Crippen molar-refractivity contribution in [1.82, 2.24) is 5.32 Å². The van der Waals surface area contributed by atoms with E-state index in [1.807, 2.05) is 0 Å². The number of hydrogen-bond acceptors (Lipinski definition) is 3. The first-order valence-corrected chi connectivity index (χ1v) is 7.51. The Hall–Kier alpha value is -1.50. The molecule has 2 rings (SSSR count). The first-order valence-electron chi connectivity index (χ1n) is 5.85. The van der Waals surface area contributed by atoms with Gasteiger partial charge in [0.2, 0.25) is 5.91 Å². The molecule has 0 heterocycles. The van der Waals surface area contributed by atoms with E-state index in [0.717, 1.165) is 25.0 Å². The van der Waals surface area contributed by atoms with Crippen molar-refractivity contribution in [2.45, 2.75) is 17.7 Å². The zero-order chi connectivity index (χ0) is 14.0. The second kappa shape index (κ2) is 5.24. The Kier molecular flexibility index (Phi) is 3.84. The first-order chi connectivity index (χ1) is 8.90. The molecule has 0 radical (unpaired) electrons. The fourth-order valence-corrected chi connectivity index (χ4v) is 2.75. The van der Waals surface area contributed by atoms with Crippen molar-refractivity contribution in [3.05, 3.63) is 29.8 Å². The minimum Gasteiger partial charge on any atom is -0.355 e. The first kappa shape index (κ1) is 13.9. The lowest BCUT2D eigenvalue weighted by Crippen LogP contribution is -2.30. The van der Waals surface area contributed by atoms with Gasteiger partial charge in [-0.25, -0.2) is 17.2 Å². The number of amides is 1. The molecule has 0 saturated heterocycles. The molecular weight excluding hydrogens is 276 g/mol. The third-order valence-corrected chi connectivity index (χ3v) is 4.58. The predicted octanol–water partition coefficient (Wildman–Crippen LogP) is 1.26. The molecule has 1 fully saturated rings. The summed E-state index contributed by atoms with van der Waals surface area (Å²) in [6.07, 6.45) is 1.67. The molecule has 0 aromatic heterocycles. The number of benzene rings is 1. The van der Waals surface area contributed by atoms with Crippen molar-refractivity contribution in [1.29, 1.82) is 0 Å². The third-order valence-electron chi connectivity index (χ3n) is 2.87. The smallest absolute Gasteiger partial charge is 0.223 e. The molecule has 4 nitrogen and oxygen atoms in total. The number of nitrogens with one attached hydrogen (secondary N) is 1. The van der Waals surface area contributed by atoms with Crippen LogP contribution < -0.4 is 5.32 Å². The summed E-state index contributed by atoms with van der Waals surface area (Å²) in [7, 11) is -3.72. The van der Waals surface area contributed by atoms with Crippen molar-refractivity contribution < 1.29 is 22.0 Å². The van der Waals surface area contributed by atoms with Gasteiger partial charge in [-0.05, 0) is 31.0 Å². The lowest BCUT2D eigenvalue weighted by Gasteiger charge is -2.06. The van der Waals surface area contributed by atoms with Crippen molar-refractivity contribution in [3.63, 3.8) is 0 Å². The van der Waals surface area contributed by atoms with Gasteiger partial charge in [-0.2, -0.15) is 0 Å². The van der Waals surface area contributed by atoms with E-state index < -0.39 is 21.5 Å². The normalized spacial score (nSPS) is 15.3. The van der Waals surface area contributed by atoms with Crippen LogP contribution in [0.2, 0.25) is 0 Å². The Morgan fingerprint density at radius 2 is 1.95 bits per heavy atom. The average Bonchev–Trinajstić information content (AvgIpc) is 3.16. The highest BCUT2D eigenvalue weighted by Gasteiger charge is 2.29. The van der Waals surface area contributed by atoms with Gasteiger partial charge in [0.15, 0.2) is 21.5 Å². The number of rotatable bonds is 5. The summed E-state index contributed by atoms with van der Waals surface area (Å²) in [5, 5.41) is 2.51. The van der Waals surface area contributed by atoms with Crippen molar-refractivity contribution in [3.8, 4) is 0 Å². The summed E-state index contributed by atoms with van der Waals surface area (Å²) in [6.45, 7) is -0.0311. The van der Waals surface area contributed by atoms with Crippen LogP contribution in [0.4, 0.5) is 8.78 Å². The molecule has 0 aliphatic heterocycles. The highest BCUT2D eigenvalue weighted by atomic mass is 32.2. The molecule has 0 bridgehead atoms. The molecule has 1 N–H and O–H groups in total. The van der Waals surface area contributed by atoms with Gasteiger partial charge in [0.25, 0.3) is 0 Å². The molecule has 104 valence electrons. The summed E-state index contributed by atoms with van der Waals surface area (Å²) >= 11 is 0. The third kappa shape index (κ3) is 3.50. The predicted molar refractivity (Wildman–Crippen MR) is 64.1 cm³/mol. The molecule has 1 aromatic rings. The summed E-state index contributed by atoms with van der Waals surface area (Å²) in [5.74, 6) is -2.79. The molecule has 1 aliphatic rings. The van der Waals surface area contributed by atoms with Crippen LogP contribution in [0.1, 0.15) is 12.8 Å². The van der Waals surface area contributed by atoms with Crippen molar-refractivity contribution >= 4 is 15.7 Å². The van der Waals surface area contributed by atoms with Crippen molar-refractivity contribution in [2.24, 2.45) is 5.92 Å². The largest absolute Gasteiger partial charge is 0.355 e. The summed E-state index contributed by atoms with van der Waals surface area (Å²) < 4.78 is 49.3. The van der Waals surface area contributed by atoms with Gasteiger partial charge in [0.1, 0.15) is 0 Å². The van der Waals surface area contributed by atoms with Crippen molar-refractivity contribution in [2.75, 3.05) is 12.3 Å². The van der Waals surface area contributed by atoms with Crippen LogP contribution in [0.15, 0.2) is 23.1 Å². The number of sulfone groups is 1. The van der Waals surface area contributed by atoms with Gasteiger partial charge in [0.05, 0.1) is 10.6 Å². The maximum atomic E-state index is 13.0. The zero-order valence-electron chi connectivity index (χ0n) is 10.0. The van der Waals surface area contributed by atoms with E-state index in [2.05, 4.69) is 5.32 Å². The molecule has 1 saturated carbocycles. The van der Waals surface area contributed by atoms with Gasteiger partial charge in [-0.1, -0.05) is 0 Å². The Morgan fingerprint density at radius 1 is 1.26 bits per heavy atom. The van der Waals surface area contributed by atoms with E-state index >= 15 is 0 Å². The molecule has 0 atom stereocenters. The Labute approximate surface area is 109 Å². The lowest BCUT2D eigenvalue weighted by atomic mass is 10.3. The van der Waals surface area contributed by atoms with Crippen LogP contribution in [0.5, 0.6) is 0 Å². The van der Waals surface area contributed by atoms with Crippen LogP contribution in [0, 0.1) is 17.6 Å². The van der Waals surface area contributed by atoms with Crippen LogP contribution in [0.3, 0.4) is 0 Å². The summed E-state index contributed by atoms with van der Waals surface area (Å²) in [6, 6.07) is 2.43. The van der Waals surface area contributed by atoms with E-state index in [0.29, 0.717) is 6.07 Å².